The van der Waals surface area contributed by atoms with Gasteiger partial charge in [0.25, 0.3) is 17.2 Å². The summed E-state index contributed by atoms with van der Waals surface area (Å²) in [6.45, 7) is 3.72. The first kappa shape index (κ1) is 15.8. The first-order valence-corrected chi connectivity index (χ1v) is 6.17. The molecule has 8 heteroatoms. The SMILES string of the molecule is CC(C)N(CCCO)C(=O)c1cc([N+](=O)[O-])c[nH]c1=O. The van der Waals surface area contributed by atoms with E-state index in [-0.39, 0.29) is 30.4 Å². The summed E-state index contributed by atoms with van der Waals surface area (Å²) in [6.07, 6.45) is 1.32. The Labute approximate surface area is 115 Å². The summed E-state index contributed by atoms with van der Waals surface area (Å²) in [5.41, 5.74) is -1.29. The molecule has 1 aromatic heterocycles. The molecular formula is C12H17N3O5. The van der Waals surface area contributed by atoms with E-state index in [1.165, 1.54) is 4.90 Å². The summed E-state index contributed by atoms with van der Waals surface area (Å²) in [5, 5.41) is 19.5. The Morgan fingerprint density at radius 2 is 2.20 bits per heavy atom. The molecule has 0 unspecified atom stereocenters. The van der Waals surface area contributed by atoms with E-state index in [0.29, 0.717) is 6.42 Å². The van der Waals surface area contributed by atoms with Crippen LogP contribution in [0.2, 0.25) is 0 Å². The van der Waals surface area contributed by atoms with E-state index in [1.54, 1.807) is 13.8 Å². The van der Waals surface area contributed by atoms with Crippen LogP contribution in [-0.4, -0.2) is 45.0 Å². The Kier molecular flexibility index (Phi) is 5.39. The molecule has 1 amide bonds. The van der Waals surface area contributed by atoms with Gasteiger partial charge in [-0.3, -0.25) is 19.7 Å². The zero-order valence-electron chi connectivity index (χ0n) is 11.3. The predicted octanol–water partition coefficient (Wildman–Crippen LogP) is 0.516. The number of amides is 1. The number of nitrogens with zero attached hydrogens (tertiary/aromatic N) is 2. The highest BCUT2D eigenvalue weighted by molar-refractivity contribution is 5.94. The number of H-pyrrole nitrogens is 1. The van der Waals surface area contributed by atoms with Gasteiger partial charge in [-0.25, -0.2) is 0 Å². The highest BCUT2D eigenvalue weighted by atomic mass is 16.6. The summed E-state index contributed by atoms with van der Waals surface area (Å²) in [7, 11) is 0. The van der Waals surface area contributed by atoms with Crippen molar-refractivity contribution in [2.45, 2.75) is 26.3 Å². The van der Waals surface area contributed by atoms with Crippen LogP contribution in [0.15, 0.2) is 17.1 Å². The van der Waals surface area contributed by atoms with E-state index in [1.807, 2.05) is 0 Å². The summed E-state index contributed by atoms with van der Waals surface area (Å²) < 4.78 is 0. The lowest BCUT2D eigenvalue weighted by molar-refractivity contribution is -0.385. The maximum Gasteiger partial charge on any atom is 0.286 e. The van der Waals surface area contributed by atoms with Crippen molar-refractivity contribution in [1.82, 2.24) is 9.88 Å². The molecule has 20 heavy (non-hydrogen) atoms. The van der Waals surface area contributed by atoms with Crippen molar-refractivity contribution in [3.8, 4) is 0 Å². The fourth-order valence-corrected chi connectivity index (χ4v) is 1.73. The number of aromatic amines is 1. The molecule has 0 aliphatic heterocycles. The molecular weight excluding hydrogens is 266 g/mol. The van der Waals surface area contributed by atoms with E-state index < -0.39 is 16.4 Å². The maximum atomic E-state index is 12.3. The second-order valence-corrected chi connectivity index (χ2v) is 4.53. The van der Waals surface area contributed by atoms with Gasteiger partial charge < -0.3 is 15.0 Å². The number of aliphatic hydroxyl groups excluding tert-OH is 1. The highest BCUT2D eigenvalue weighted by Crippen LogP contribution is 2.12. The molecule has 0 aromatic carbocycles. The molecule has 0 bridgehead atoms. The van der Waals surface area contributed by atoms with E-state index in [4.69, 9.17) is 5.11 Å². The number of nitrogens with one attached hydrogen (secondary N) is 1. The zero-order chi connectivity index (χ0) is 15.3. The number of aromatic nitrogens is 1. The number of rotatable bonds is 6. The van der Waals surface area contributed by atoms with Crippen LogP contribution in [0.5, 0.6) is 0 Å². The smallest absolute Gasteiger partial charge is 0.286 e. The third-order valence-corrected chi connectivity index (χ3v) is 2.77. The number of hydrogen-bond acceptors (Lipinski definition) is 5. The Balaban J connectivity index is 3.14. The summed E-state index contributed by atoms with van der Waals surface area (Å²) >= 11 is 0. The Morgan fingerprint density at radius 3 is 2.70 bits per heavy atom. The average Bonchev–Trinajstić information content (AvgIpc) is 2.38. The van der Waals surface area contributed by atoms with Crippen molar-refractivity contribution in [2.75, 3.05) is 13.2 Å². The van der Waals surface area contributed by atoms with Crippen molar-refractivity contribution < 1.29 is 14.8 Å². The van der Waals surface area contributed by atoms with Crippen LogP contribution in [0.1, 0.15) is 30.6 Å². The second-order valence-electron chi connectivity index (χ2n) is 4.53. The third kappa shape index (κ3) is 3.64. The monoisotopic (exact) mass is 283 g/mol. The minimum absolute atomic E-state index is 0.0816. The highest BCUT2D eigenvalue weighted by Gasteiger charge is 2.23. The first-order valence-electron chi connectivity index (χ1n) is 6.17. The Bertz CT molecular complexity index is 552. The predicted molar refractivity (Wildman–Crippen MR) is 71.6 cm³/mol. The van der Waals surface area contributed by atoms with Crippen molar-refractivity contribution in [3.63, 3.8) is 0 Å². The summed E-state index contributed by atoms with van der Waals surface area (Å²) in [4.78, 5) is 37.5. The summed E-state index contributed by atoms with van der Waals surface area (Å²) in [6, 6.07) is 0.780. The third-order valence-electron chi connectivity index (χ3n) is 2.77. The lowest BCUT2D eigenvalue weighted by atomic mass is 10.2. The van der Waals surface area contributed by atoms with Gasteiger partial charge in [-0.15, -0.1) is 0 Å². The first-order chi connectivity index (χ1) is 9.38. The van der Waals surface area contributed by atoms with Crippen LogP contribution in [0, 0.1) is 10.1 Å². The quantitative estimate of drug-likeness (QED) is 0.583. The van der Waals surface area contributed by atoms with Crippen LogP contribution in [-0.2, 0) is 0 Å². The lowest BCUT2D eigenvalue weighted by Crippen LogP contribution is -2.40. The van der Waals surface area contributed by atoms with Crippen LogP contribution in [0.25, 0.3) is 0 Å². The van der Waals surface area contributed by atoms with Crippen LogP contribution in [0.4, 0.5) is 5.69 Å². The Morgan fingerprint density at radius 1 is 1.55 bits per heavy atom. The number of aliphatic hydroxyl groups is 1. The molecule has 110 valence electrons. The molecule has 1 aromatic rings. The molecule has 0 fully saturated rings. The maximum absolute atomic E-state index is 12.3. The van der Waals surface area contributed by atoms with Gasteiger partial charge in [-0.1, -0.05) is 0 Å². The standard InChI is InChI=1S/C12H17N3O5/c1-8(2)14(4-3-5-16)12(18)10-6-9(15(19)20)7-13-11(10)17/h6-8,16H,3-5H2,1-2H3,(H,13,17). The van der Waals surface area contributed by atoms with Gasteiger partial charge in [-0.2, -0.15) is 0 Å². The van der Waals surface area contributed by atoms with Crippen LogP contribution in [0.3, 0.4) is 0 Å². The van der Waals surface area contributed by atoms with E-state index >= 15 is 0 Å². The van der Waals surface area contributed by atoms with Crippen LogP contribution >= 0.6 is 0 Å². The van der Waals surface area contributed by atoms with Gasteiger partial charge >= 0.3 is 0 Å². The van der Waals surface area contributed by atoms with Gasteiger partial charge in [0.1, 0.15) is 5.56 Å². The molecule has 1 heterocycles. The second kappa shape index (κ2) is 6.80. The number of hydrogen-bond donors (Lipinski definition) is 2. The minimum atomic E-state index is -0.680. The van der Waals surface area contributed by atoms with E-state index in [0.717, 1.165) is 12.3 Å². The molecule has 2 N–H and O–H groups in total. The minimum Gasteiger partial charge on any atom is -0.396 e. The van der Waals surface area contributed by atoms with Gasteiger partial charge in [0.05, 0.1) is 11.1 Å². The molecule has 0 atom stereocenters. The lowest BCUT2D eigenvalue weighted by Gasteiger charge is -2.26. The van der Waals surface area contributed by atoms with Gasteiger partial charge in [0.15, 0.2) is 0 Å². The number of carbonyl (C=O) groups is 1. The van der Waals surface area contributed by atoms with Gasteiger partial charge in [0, 0.05) is 25.3 Å². The fraction of sp³-hybridized carbons (Fsp3) is 0.500. The molecule has 0 saturated carbocycles. The molecule has 0 radical (unpaired) electrons. The average molecular weight is 283 g/mol. The number of carbonyl (C=O) groups excluding carboxylic acids is 1. The van der Waals surface area contributed by atoms with Crippen molar-refractivity contribution in [3.05, 3.63) is 38.3 Å². The van der Waals surface area contributed by atoms with Gasteiger partial charge in [-0.05, 0) is 20.3 Å². The van der Waals surface area contributed by atoms with E-state index in [9.17, 15) is 19.7 Å². The molecule has 8 nitrogen and oxygen atoms in total. The normalized spacial score (nSPS) is 10.6. The van der Waals surface area contributed by atoms with E-state index in [2.05, 4.69) is 4.98 Å². The fourth-order valence-electron chi connectivity index (χ4n) is 1.73. The number of pyridine rings is 1. The molecule has 0 saturated heterocycles. The van der Waals surface area contributed by atoms with Crippen molar-refractivity contribution in [2.24, 2.45) is 0 Å². The zero-order valence-corrected chi connectivity index (χ0v) is 11.3. The molecule has 0 spiro atoms. The van der Waals surface area contributed by atoms with Crippen LogP contribution < -0.4 is 5.56 Å². The molecule has 1 rings (SSSR count). The molecule has 0 aliphatic rings. The van der Waals surface area contributed by atoms with Crippen molar-refractivity contribution >= 4 is 11.6 Å². The Hall–Kier alpha value is -2.22. The summed E-state index contributed by atoms with van der Waals surface area (Å²) in [5.74, 6) is -0.585. The largest absolute Gasteiger partial charge is 0.396 e. The topological polar surface area (TPSA) is 117 Å². The van der Waals surface area contributed by atoms with Crippen molar-refractivity contribution in [1.29, 1.82) is 0 Å². The van der Waals surface area contributed by atoms with Gasteiger partial charge in [0.2, 0.25) is 0 Å². The molecule has 0 aliphatic carbocycles. The number of nitro groups is 1.